The van der Waals surface area contributed by atoms with Crippen molar-refractivity contribution < 1.29 is 23.2 Å². The molecule has 1 saturated heterocycles. The molecule has 1 aromatic rings. The Morgan fingerprint density at radius 3 is 2.58 bits per heavy atom. The lowest BCUT2D eigenvalue weighted by molar-refractivity contribution is -0.131. The molecule has 2 aliphatic rings. The van der Waals surface area contributed by atoms with E-state index >= 15 is 0 Å². The number of sulfone groups is 1. The second kappa shape index (κ2) is 8.04. The second-order valence-electron chi connectivity index (χ2n) is 8.72. The van der Waals surface area contributed by atoms with E-state index in [-0.39, 0.29) is 31.0 Å². The van der Waals surface area contributed by atoms with Crippen LogP contribution in [-0.2, 0) is 21.2 Å². The quantitative estimate of drug-likeness (QED) is 0.382. The summed E-state index contributed by atoms with van der Waals surface area (Å²) in [6, 6.07) is 1.47. The molecule has 2 aliphatic heterocycles. The maximum atomic E-state index is 12.7. The fraction of sp³-hybridized carbons (Fsp3) is 0.524. The van der Waals surface area contributed by atoms with Gasteiger partial charge in [0.25, 0.3) is 5.91 Å². The molecule has 3 rings (SSSR count). The smallest absolute Gasteiger partial charge is 0.318 e. The van der Waals surface area contributed by atoms with Gasteiger partial charge in [0.2, 0.25) is 0 Å². The fourth-order valence-electron chi connectivity index (χ4n) is 3.91. The molecule has 0 spiro atoms. The Kier molecular flexibility index (Phi) is 5.94. The van der Waals surface area contributed by atoms with Crippen molar-refractivity contribution in [2.45, 2.75) is 31.6 Å². The minimum Gasteiger partial charge on any atom is -0.318 e. The predicted octanol–water partition coefficient (Wildman–Crippen LogP) is 0.277. The fourth-order valence-corrected chi connectivity index (χ4v) is 4.75. The molecule has 0 aromatic carbocycles. The van der Waals surface area contributed by atoms with Gasteiger partial charge < -0.3 is 9.80 Å². The standard InChI is InChI=1S/C21H26N4O5S/c1-20(14-23(3)15-20)8-6-5-7-16-11-17-13-24(19(27)25(17)12-16)10-9-21(2,18(26)22-28)31(4,29)30/h11-12,28H,9-10,13-15H2,1-4H3,(H,22,26). The molecule has 0 saturated carbocycles. The number of rotatable bonds is 5. The van der Waals surface area contributed by atoms with E-state index in [1.165, 1.54) is 21.9 Å². The van der Waals surface area contributed by atoms with E-state index in [9.17, 15) is 18.0 Å². The summed E-state index contributed by atoms with van der Waals surface area (Å²) in [5.41, 5.74) is 2.79. The van der Waals surface area contributed by atoms with Crippen LogP contribution in [0.5, 0.6) is 0 Å². The summed E-state index contributed by atoms with van der Waals surface area (Å²) in [5.74, 6) is 10.8. The summed E-state index contributed by atoms with van der Waals surface area (Å²) in [6.45, 7) is 5.48. The molecule has 10 heteroatoms. The lowest BCUT2D eigenvalue weighted by atomic mass is 9.83. The zero-order chi connectivity index (χ0) is 23.0. The Labute approximate surface area is 182 Å². The maximum Gasteiger partial charge on any atom is 0.328 e. The number of nitrogens with zero attached hydrogens (tertiary/aromatic N) is 3. The summed E-state index contributed by atoms with van der Waals surface area (Å²) in [5, 5.41) is 8.91. The Hall–Kier alpha value is -2.79. The van der Waals surface area contributed by atoms with Crippen molar-refractivity contribution in [1.82, 2.24) is 19.8 Å². The molecular weight excluding hydrogens is 420 g/mol. The van der Waals surface area contributed by atoms with Gasteiger partial charge in [-0.25, -0.2) is 18.7 Å². The Bertz CT molecular complexity index is 1140. The van der Waals surface area contributed by atoms with Crippen molar-refractivity contribution in [3.63, 3.8) is 0 Å². The van der Waals surface area contributed by atoms with Crippen molar-refractivity contribution in [2.75, 3.05) is 32.9 Å². The number of hydrogen-bond acceptors (Lipinski definition) is 6. The third kappa shape index (κ3) is 4.47. The van der Waals surface area contributed by atoms with E-state index in [2.05, 4.69) is 35.5 Å². The number of hydrogen-bond donors (Lipinski definition) is 2. The molecule has 1 fully saturated rings. The molecule has 3 heterocycles. The molecule has 1 unspecified atom stereocenters. The molecule has 1 aromatic heterocycles. The predicted molar refractivity (Wildman–Crippen MR) is 114 cm³/mol. The molecule has 0 radical (unpaired) electrons. The van der Waals surface area contributed by atoms with Crippen LogP contribution >= 0.6 is 0 Å². The van der Waals surface area contributed by atoms with E-state index in [0.717, 1.165) is 25.0 Å². The molecule has 1 atom stereocenters. The minimum absolute atomic E-state index is 0.0180. The van der Waals surface area contributed by atoms with Crippen LogP contribution in [0.4, 0.5) is 4.79 Å². The number of fused-ring (bicyclic) bond motifs is 1. The zero-order valence-corrected chi connectivity index (χ0v) is 18.8. The molecule has 0 bridgehead atoms. The van der Waals surface area contributed by atoms with Gasteiger partial charge in [-0.15, -0.1) is 0 Å². The van der Waals surface area contributed by atoms with Crippen molar-refractivity contribution in [3.8, 4) is 23.7 Å². The highest BCUT2D eigenvalue weighted by Gasteiger charge is 2.44. The van der Waals surface area contributed by atoms with Crippen molar-refractivity contribution in [3.05, 3.63) is 23.5 Å². The third-order valence-corrected chi connectivity index (χ3v) is 7.89. The summed E-state index contributed by atoms with van der Waals surface area (Å²) in [4.78, 5) is 28.2. The number of amides is 2. The van der Waals surface area contributed by atoms with E-state index in [4.69, 9.17) is 5.21 Å². The van der Waals surface area contributed by atoms with Crippen LogP contribution < -0.4 is 5.48 Å². The molecular formula is C21H26N4O5S. The van der Waals surface area contributed by atoms with E-state index in [1.54, 1.807) is 12.3 Å². The zero-order valence-electron chi connectivity index (χ0n) is 18.0. The summed E-state index contributed by atoms with van der Waals surface area (Å²) >= 11 is 0. The van der Waals surface area contributed by atoms with Gasteiger partial charge in [0.1, 0.15) is 0 Å². The number of nitrogens with one attached hydrogen (secondary N) is 1. The number of likely N-dealkylation sites (tertiary alicyclic amines) is 1. The number of hydroxylamine groups is 1. The first-order valence-electron chi connectivity index (χ1n) is 9.75. The lowest BCUT2D eigenvalue weighted by Crippen LogP contribution is -2.51. The largest absolute Gasteiger partial charge is 0.328 e. The lowest BCUT2D eigenvalue weighted by Gasteiger charge is -2.42. The van der Waals surface area contributed by atoms with Crippen LogP contribution in [0.25, 0.3) is 0 Å². The average molecular weight is 447 g/mol. The minimum atomic E-state index is -3.82. The first-order chi connectivity index (χ1) is 14.4. The summed E-state index contributed by atoms with van der Waals surface area (Å²) < 4.78 is 23.8. The Morgan fingerprint density at radius 1 is 1.35 bits per heavy atom. The van der Waals surface area contributed by atoms with Gasteiger partial charge in [0.15, 0.2) is 14.6 Å². The van der Waals surface area contributed by atoms with Crippen LogP contribution in [0.3, 0.4) is 0 Å². The molecule has 9 nitrogen and oxygen atoms in total. The highest BCUT2D eigenvalue weighted by Crippen LogP contribution is 2.27. The first-order valence-corrected chi connectivity index (χ1v) is 11.6. The number of carbonyl (C=O) groups excluding carboxylic acids is 2. The molecule has 166 valence electrons. The highest BCUT2D eigenvalue weighted by molar-refractivity contribution is 7.92. The normalized spacial score (nSPS) is 19.3. The van der Waals surface area contributed by atoms with Gasteiger partial charge in [-0.1, -0.05) is 11.8 Å². The van der Waals surface area contributed by atoms with Gasteiger partial charge in [-0.3, -0.25) is 14.6 Å². The highest BCUT2D eigenvalue weighted by atomic mass is 32.2. The monoisotopic (exact) mass is 446 g/mol. The molecule has 2 amide bonds. The molecule has 31 heavy (non-hydrogen) atoms. The number of aromatic nitrogens is 1. The van der Waals surface area contributed by atoms with Gasteiger partial charge >= 0.3 is 6.03 Å². The van der Waals surface area contributed by atoms with Crippen LogP contribution in [-0.4, -0.2) is 77.6 Å². The second-order valence-corrected chi connectivity index (χ2v) is 11.2. The molecule has 2 N–H and O–H groups in total. The first kappa shape index (κ1) is 22.9. The van der Waals surface area contributed by atoms with Gasteiger partial charge in [-0.2, -0.15) is 0 Å². The van der Waals surface area contributed by atoms with Crippen LogP contribution in [0.1, 0.15) is 31.5 Å². The third-order valence-electron chi connectivity index (χ3n) is 5.86. The Morgan fingerprint density at radius 2 is 2.03 bits per heavy atom. The van der Waals surface area contributed by atoms with Gasteiger partial charge in [0, 0.05) is 43.3 Å². The van der Waals surface area contributed by atoms with E-state index in [0.29, 0.717) is 5.56 Å². The van der Waals surface area contributed by atoms with E-state index in [1.807, 2.05) is 7.05 Å². The topological polar surface area (TPSA) is 112 Å². The average Bonchev–Trinajstić information content (AvgIpc) is 3.19. The van der Waals surface area contributed by atoms with Gasteiger partial charge in [-0.05, 0) is 45.2 Å². The van der Waals surface area contributed by atoms with Crippen molar-refractivity contribution in [1.29, 1.82) is 0 Å². The van der Waals surface area contributed by atoms with Crippen LogP contribution in [0, 0.1) is 29.1 Å². The van der Waals surface area contributed by atoms with E-state index < -0.39 is 20.5 Å². The van der Waals surface area contributed by atoms with Crippen molar-refractivity contribution in [2.24, 2.45) is 5.41 Å². The Balaban J connectivity index is 1.65. The van der Waals surface area contributed by atoms with Crippen molar-refractivity contribution >= 4 is 21.8 Å². The number of carbonyl (C=O) groups is 2. The molecule has 0 aliphatic carbocycles. The maximum absolute atomic E-state index is 12.7. The van der Waals surface area contributed by atoms with Crippen LogP contribution in [0.2, 0.25) is 0 Å². The SMILES string of the molecule is CN1CC(C)(C#CC#Cc2cc3n(c2)C(=O)N(CCC(C)(C(=O)NO)S(C)(=O)=O)C3)C1. The summed E-state index contributed by atoms with van der Waals surface area (Å²) in [7, 11) is -1.78. The van der Waals surface area contributed by atoms with Crippen LogP contribution in [0.15, 0.2) is 12.3 Å². The summed E-state index contributed by atoms with van der Waals surface area (Å²) in [6.07, 6.45) is 2.40. The van der Waals surface area contributed by atoms with Gasteiger partial charge in [0.05, 0.1) is 12.0 Å².